The highest BCUT2D eigenvalue weighted by atomic mass is 16.2. The van der Waals surface area contributed by atoms with E-state index in [1.807, 2.05) is 11.9 Å². The van der Waals surface area contributed by atoms with Crippen molar-refractivity contribution in [2.24, 2.45) is 11.7 Å². The van der Waals surface area contributed by atoms with E-state index in [1.54, 1.807) is 0 Å². The molecule has 1 unspecified atom stereocenters. The Kier molecular flexibility index (Phi) is 6.65. The first-order chi connectivity index (χ1) is 8.50. The molecule has 1 rings (SSSR count). The summed E-state index contributed by atoms with van der Waals surface area (Å²) in [5.74, 6) is 0.784. The van der Waals surface area contributed by atoms with Crippen molar-refractivity contribution in [3.8, 4) is 0 Å². The molecular formula is C14H29N3O. The minimum atomic E-state index is 0.234. The number of nitrogens with zero attached hydrogens (tertiary/aromatic N) is 2. The van der Waals surface area contributed by atoms with Crippen molar-refractivity contribution >= 4 is 5.91 Å². The molecule has 0 radical (unpaired) electrons. The van der Waals surface area contributed by atoms with Crippen LogP contribution in [0.25, 0.3) is 0 Å². The molecule has 1 amide bonds. The van der Waals surface area contributed by atoms with Crippen molar-refractivity contribution in [2.45, 2.75) is 45.6 Å². The van der Waals surface area contributed by atoms with Crippen LogP contribution in [0.5, 0.6) is 0 Å². The average molecular weight is 255 g/mol. The second-order valence-corrected chi connectivity index (χ2v) is 5.88. The molecular weight excluding hydrogens is 226 g/mol. The minimum Gasteiger partial charge on any atom is -0.342 e. The Morgan fingerprint density at radius 1 is 1.28 bits per heavy atom. The van der Waals surface area contributed by atoms with Crippen molar-refractivity contribution < 1.29 is 4.79 Å². The van der Waals surface area contributed by atoms with Gasteiger partial charge in [0.05, 0.1) is 6.54 Å². The van der Waals surface area contributed by atoms with Crippen LogP contribution in [0.4, 0.5) is 0 Å². The molecule has 106 valence electrons. The number of likely N-dealkylation sites (tertiary alicyclic amines) is 1. The van der Waals surface area contributed by atoms with Gasteiger partial charge in [0.25, 0.3) is 0 Å². The number of amides is 1. The number of carbonyl (C=O) groups excluding carboxylic acids is 1. The molecule has 0 aromatic heterocycles. The van der Waals surface area contributed by atoms with Gasteiger partial charge in [-0.15, -0.1) is 0 Å². The van der Waals surface area contributed by atoms with E-state index >= 15 is 0 Å². The number of nitrogens with two attached hydrogens (primary N) is 1. The van der Waals surface area contributed by atoms with Gasteiger partial charge in [-0.3, -0.25) is 9.69 Å². The second-order valence-electron chi connectivity index (χ2n) is 5.88. The zero-order valence-electron chi connectivity index (χ0n) is 12.2. The summed E-state index contributed by atoms with van der Waals surface area (Å²) in [6, 6.07) is 0.234. The van der Waals surface area contributed by atoms with Crippen molar-refractivity contribution in [1.82, 2.24) is 9.80 Å². The number of likely N-dealkylation sites (N-methyl/N-ethyl adjacent to an activating group) is 1. The van der Waals surface area contributed by atoms with E-state index in [2.05, 4.69) is 18.7 Å². The molecule has 18 heavy (non-hydrogen) atoms. The minimum absolute atomic E-state index is 0.234. The van der Waals surface area contributed by atoms with Gasteiger partial charge in [-0.2, -0.15) is 0 Å². The quantitative estimate of drug-likeness (QED) is 0.778. The first-order valence-corrected chi connectivity index (χ1v) is 7.22. The van der Waals surface area contributed by atoms with Gasteiger partial charge in [0.2, 0.25) is 5.91 Å². The Hall–Kier alpha value is -0.610. The van der Waals surface area contributed by atoms with Gasteiger partial charge in [0.1, 0.15) is 0 Å². The third-order valence-electron chi connectivity index (χ3n) is 3.81. The summed E-state index contributed by atoms with van der Waals surface area (Å²) in [6.45, 7) is 7.60. The van der Waals surface area contributed by atoms with Gasteiger partial charge in [-0.1, -0.05) is 13.8 Å². The molecule has 0 saturated carbocycles. The number of piperidine rings is 1. The predicted octanol–water partition coefficient (Wildman–Crippen LogP) is 1.30. The molecule has 0 spiro atoms. The number of hydrogen-bond donors (Lipinski definition) is 1. The Morgan fingerprint density at radius 3 is 2.44 bits per heavy atom. The van der Waals surface area contributed by atoms with Gasteiger partial charge in [-0.05, 0) is 45.2 Å². The summed E-state index contributed by atoms with van der Waals surface area (Å²) < 4.78 is 0. The lowest BCUT2D eigenvalue weighted by atomic mass is 10.0. The molecule has 0 bridgehead atoms. The predicted molar refractivity (Wildman–Crippen MR) is 75.4 cm³/mol. The maximum atomic E-state index is 12.0. The molecule has 1 aliphatic rings. The number of rotatable bonds is 6. The lowest BCUT2D eigenvalue weighted by Crippen LogP contribution is -2.42. The van der Waals surface area contributed by atoms with Crippen LogP contribution in [-0.4, -0.2) is 55.0 Å². The maximum Gasteiger partial charge on any atom is 0.236 e. The molecule has 1 saturated heterocycles. The van der Waals surface area contributed by atoms with E-state index < -0.39 is 0 Å². The first-order valence-electron chi connectivity index (χ1n) is 7.22. The van der Waals surface area contributed by atoms with Crippen LogP contribution in [0.15, 0.2) is 0 Å². The van der Waals surface area contributed by atoms with Crippen LogP contribution in [0, 0.1) is 5.92 Å². The van der Waals surface area contributed by atoms with Crippen molar-refractivity contribution in [1.29, 1.82) is 0 Å². The molecule has 1 heterocycles. The monoisotopic (exact) mass is 255 g/mol. The van der Waals surface area contributed by atoms with E-state index in [0.717, 1.165) is 38.9 Å². The summed E-state index contributed by atoms with van der Waals surface area (Å²) in [4.78, 5) is 16.1. The van der Waals surface area contributed by atoms with Crippen molar-refractivity contribution in [3.63, 3.8) is 0 Å². The summed E-state index contributed by atoms with van der Waals surface area (Å²) in [7, 11) is 2.01. The van der Waals surface area contributed by atoms with Crippen LogP contribution < -0.4 is 5.73 Å². The van der Waals surface area contributed by atoms with Gasteiger partial charge in [0, 0.05) is 19.1 Å². The van der Waals surface area contributed by atoms with E-state index in [-0.39, 0.29) is 11.9 Å². The van der Waals surface area contributed by atoms with E-state index in [1.165, 1.54) is 6.42 Å². The zero-order chi connectivity index (χ0) is 13.5. The molecule has 1 fully saturated rings. The highest BCUT2D eigenvalue weighted by Crippen LogP contribution is 2.09. The Morgan fingerprint density at radius 2 is 1.89 bits per heavy atom. The fourth-order valence-electron chi connectivity index (χ4n) is 2.26. The molecule has 4 heteroatoms. The highest BCUT2D eigenvalue weighted by Gasteiger charge is 2.18. The summed E-state index contributed by atoms with van der Waals surface area (Å²) in [5, 5.41) is 0. The molecule has 0 aliphatic carbocycles. The third kappa shape index (κ3) is 5.36. The molecule has 1 aliphatic heterocycles. The standard InChI is InChI=1S/C14H29N3O/c1-12(2)13(15)7-10-16(3)11-14(18)17-8-5-4-6-9-17/h12-13H,4-11,15H2,1-3H3. The smallest absolute Gasteiger partial charge is 0.236 e. The topological polar surface area (TPSA) is 49.6 Å². The maximum absolute atomic E-state index is 12.0. The number of carbonyl (C=O) groups is 1. The van der Waals surface area contributed by atoms with E-state index in [9.17, 15) is 4.79 Å². The second kappa shape index (κ2) is 7.74. The van der Waals surface area contributed by atoms with Gasteiger partial charge >= 0.3 is 0 Å². The zero-order valence-corrected chi connectivity index (χ0v) is 12.2. The molecule has 0 aromatic rings. The summed E-state index contributed by atoms with van der Waals surface area (Å²) >= 11 is 0. The van der Waals surface area contributed by atoms with Gasteiger partial charge in [0.15, 0.2) is 0 Å². The first kappa shape index (κ1) is 15.4. The number of hydrogen-bond acceptors (Lipinski definition) is 3. The molecule has 0 aromatic carbocycles. The normalized spacial score (nSPS) is 18.4. The fourth-order valence-corrected chi connectivity index (χ4v) is 2.26. The Balaban J connectivity index is 2.22. The van der Waals surface area contributed by atoms with Crippen LogP contribution in [0.3, 0.4) is 0 Å². The lowest BCUT2D eigenvalue weighted by molar-refractivity contribution is -0.133. The molecule has 4 nitrogen and oxygen atoms in total. The summed E-state index contributed by atoms with van der Waals surface area (Å²) in [5.41, 5.74) is 6.02. The summed E-state index contributed by atoms with van der Waals surface area (Å²) in [6.07, 6.45) is 4.55. The van der Waals surface area contributed by atoms with E-state index in [4.69, 9.17) is 5.73 Å². The molecule has 1 atom stereocenters. The van der Waals surface area contributed by atoms with Crippen molar-refractivity contribution in [2.75, 3.05) is 33.2 Å². The largest absolute Gasteiger partial charge is 0.342 e. The Bertz CT molecular complexity index is 249. The van der Waals surface area contributed by atoms with Gasteiger partial charge in [-0.25, -0.2) is 0 Å². The Labute approximate surface area is 111 Å². The SMILES string of the molecule is CC(C)C(N)CCN(C)CC(=O)N1CCCCC1. The van der Waals surface area contributed by atoms with E-state index in [0.29, 0.717) is 12.5 Å². The van der Waals surface area contributed by atoms with Crippen LogP contribution in [0.2, 0.25) is 0 Å². The average Bonchev–Trinajstić information content (AvgIpc) is 2.36. The molecule has 2 N–H and O–H groups in total. The third-order valence-corrected chi connectivity index (χ3v) is 3.81. The van der Waals surface area contributed by atoms with Crippen molar-refractivity contribution in [3.05, 3.63) is 0 Å². The highest BCUT2D eigenvalue weighted by molar-refractivity contribution is 5.78. The van der Waals surface area contributed by atoms with Crippen LogP contribution in [0.1, 0.15) is 39.5 Å². The van der Waals surface area contributed by atoms with Gasteiger partial charge < -0.3 is 10.6 Å². The fraction of sp³-hybridized carbons (Fsp3) is 0.929. The van der Waals surface area contributed by atoms with Crippen LogP contribution in [-0.2, 0) is 4.79 Å². The lowest BCUT2D eigenvalue weighted by Gasteiger charge is -2.29. The van der Waals surface area contributed by atoms with Crippen LogP contribution >= 0.6 is 0 Å².